The Morgan fingerprint density at radius 3 is 2.72 bits per heavy atom. The van der Waals surface area contributed by atoms with Crippen molar-refractivity contribution in [2.24, 2.45) is 0 Å². The Labute approximate surface area is 104 Å². The van der Waals surface area contributed by atoms with Crippen LogP contribution in [0.15, 0.2) is 36.5 Å². The highest BCUT2D eigenvalue weighted by molar-refractivity contribution is 5.94. The third-order valence-electron chi connectivity index (χ3n) is 2.78. The minimum absolute atomic E-state index is 0.355. The number of nitrogens with one attached hydrogen (secondary N) is 1. The summed E-state index contributed by atoms with van der Waals surface area (Å²) >= 11 is 0. The van der Waals surface area contributed by atoms with Gasteiger partial charge in [-0.05, 0) is 5.56 Å². The number of fused-ring (bicyclic) bond motifs is 1. The largest absolute Gasteiger partial charge is 0.479 e. The van der Waals surface area contributed by atoms with E-state index in [4.69, 9.17) is 10.5 Å². The number of ether oxygens (including phenoxy) is 1. The van der Waals surface area contributed by atoms with E-state index in [2.05, 4.69) is 15.0 Å². The average Bonchev–Trinajstić information content (AvgIpc) is 2.80. The number of methoxy groups -OCH3 is 1. The van der Waals surface area contributed by atoms with Gasteiger partial charge in [-0.2, -0.15) is 0 Å². The summed E-state index contributed by atoms with van der Waals surface area (Å²) in [5.41, 5.74) is 9.17. The molecule has 1 aromatic carbocycles. The molecule has 5 nitrogen and oxygen atoms in total. The molecule has 0 saturated heterocycles. The number of nitrogens with two attached hydrogens (primary N) is 1. The van der Waals surface area contributed by atoms with E-state index < -0.39 is 0 Å². The monoisotopic (exact) mass is 240 g/mol. The third-order valence-corrected chi connectivity index (χ3v) is 2.78. The number of nitrogens with zero attached hydrogens (tertiary/aromatic N) is 2. The lowest BCUT2D eigenvalue weighted by atomic mass is 10.1. The van der Waals surface area contributed by atoms with Gasteiger partial charge in [0.05, 0.1) is 7.11 Å². The van der Waals surface area contributed by atoms with Gasteiger partial charge in [0.2, 0.25) is 5.88 Å². The lowest BCUT2D eigenvalue weighted by Gasteiger charge is -2.04. The minimum atomic E-state index is 0.355. The molecule has 3 N–H and O–H groups in total. The smallest absolute Gasteiger partial charge is 0.239 e. The molecule has 2 aromatic heterocycles. The molecule has 0 atom stereocenters. The van der Waals surface area contributed by atoms with Crippen LogP contribution in [0.5, 0.6) is 5.88 Å². The van der Waals surface area contributed by atoms with Crippen LogP contribution in [0.4, 0.5) is 5.95 Å². The predicted octanol–water partition coefficient (Wildman–Crippen LogP) is 2.22. The lowest BCUT2D eigenvalue weighted by Crippen LogP contribution is -1.90. The van der Waals surface area contributed by atoms with E-state index in [1.165, 1.54) is 0 Å². The van der Waals surface area contributed by atoms with Crippen LogP contribution in [0, 0.1) is 0 Å². The van der Waals surface area contributed by atoms with Crippen LogP contribution in [-0.2, 0) is 0 Å². The summed E-state index contributed by atoms with van der Waals surface area (Å²) in [5.74, 6) is 0.849. The molecule has 0 saturated carbocycles. The Morgan fingerprint density at radius 1 is 1.22 bits per heavy atom. The number of H-pyrrole nitrogens is 1. The highest BCUT2D eigenvalue weighted by Crippen LogP contribution is 2.31. The van der Waals surface area contributed by atoms with Crippen molar-refractivity contribution in [3.63, 3.8) is 0 Å². The Hall–Kier alpha value is -2.56. The van der Waals surface area contributed by atoms with Crippen molar-refractivity contribution in [3.05, 3.63) is 36.5 Å². The summed E-state index contributed by atoms with van der Waals surface area (Å²) in [4.78, 5) is 11.5. The molecule has 0 aliphatic carbocycles. The van der Waals surface area contributed by atoms with Crippen LogP contribution in [0.1, 0.15) is 0 Å². The molecule has 0 radical (unpaired) electrons. The number of hydrogen-bond acceptors (Lipinski definition) is 4. The van der Waals surface area contributed by atoms with Crippen molar-refractivity contribution >= 4 is 17.0 Å². The van der Waals surface area contributed by atoms with E-state index in [0.29, 0.717) is 11.8 Å². The van der Waals surface area contributed by atoms with Gasteiger partial charge in [-0.25, -0.2) is 9.97 Å². The van der Waals surface area contributed by atoms with Crippen LogP contribution in [0.3, 0.4) is 0 Å². The van der Waals surface area contributed by atoms with Crippen molar-refractivity contribution in [1.82, 2.24) is 15.0 Å². The molecule has 0 aliphatic heterocycles. The maximum Gasteiger partial charge on any atom is 0.239 e. The fraction of sp³-hybridized carbons (Fsp3) is 0.0769. The molecule has 3 aromatic rings. The second kappa shape index (κ2) is 4.03. The minimum Gasteiger partial charge on any atom is -0.479 e. The van der Waals surface area contributed by atoms with Crippen molar-refractivity contribution in [3.8, 4) is 17.0 Å². The van der Waals surface area contributed by atoms with Gasteiger partial charge in [-0.15, -0.1) is 0 Å². The quantitative estimate of drug-likeness (QED) is 0.720. The number of rotatable bonds is 2. The molecule has 18 heavy (non-hydrogen) atoms. The van der Waals surface area contributed by atoms with Gasteiger partial charge in [0.25, 0.3) is 0 Å². The Balaban J connectivity index is 2.31. The van der Waals surface area contributed by atoms with Gasteiger partial charge in [0, 0.05) is 11.8 Å². The fourth-order valence-corrected chi connectivity index (χ4v) is 1.97. The summed E-state index contributed by atoms with van der Waals surface area (Å²) < 4.78 is 5.19. The fourth-order valence-electron chi connectivity index (χ4n) is 1.97. The zero-order valence-electron chi connectivity index (χ0n) is 9.84. The van der Waals surface area contributed by atoms with Crippen molar-refractivity contribution in [2.75, 3.05) is 12.8 Å². The zero-order valence-corrected chi connectivity index (χ0v) is 9.84. The van der Waals surface area contributed by atoms with Gasteiger partial charge < -0.3 is 15.5 Å². The number of anilines is 1. The first-order chi connectivity index (χ1) is 8.79. The Morgan fingerprint density at radius 2 is 2.00 bits per heavy atom. The van der Waals surface area contributed by atoms with Gasteiger partial charge in [-0.3, -0.25) is 0 Å². The van der Waals surface area contributed by atoms with Gasteiger partial charge in [0.15, 0.2) is 5.95 Å². The Kier molecular flexibility index (Phi) is 2.37. The molecule has 5 heteroatoms. The van der Waals surface area contributed by atoms with Crippen molar-refractivity contribution in [2.45, 2.75) is 0 Å². The molecular weight excluding hydrogens is 228 g/mol. The summed E-state index contributed by atoms with van der Waals surface area (Å²) in [6, 6.07) is 9.93. The number of imidazole rings is 1. The molecule has 0 amide bonds. The molecule has 0 spiro atoms. The maximum absolute atomic E-state index is 5.71. The Bertz CT molecular complexity index is 691. The van der Waals surface area contributed by atoms with Crippen LogP contribution < -0.4 is 10.5 Å². The topological polar surface area (TPSA) is 76.8 Å². The second-order valence-electron chi connectivity index (χ2n) is 3.89. The van der Waals surface area contributed by atoms with Crippen LogP contribution in [-0.4, -0.2) is 22.1 Å². The molecule has 0 aliphatic rings. The third kappa shape index (κ3) is 1.57. The van der Waals surface area contributed by atoms with Gasteiger partial charge in [0.1, 0.15) is 11.0 Å². The number of hydrogen-bond donors (Lipinski definition) is 2. The maximum atomic E-state index is 5.71. The summed E-state index contributed by atoms with van der Waals surface area (Å²) in [5, 5.41) is 0. The first-order valence-electron chi connectivity index (χ1n) is 5.53. The molecule has 0 bridgehead atoms. The van der Waals surface area contributed by atoms with Crippen LogP contribution in [0.2, 0.25) is 0 Å². The molecule has 2 heterocycles. The van der Waals surface area contributed by atoms with E-state index in [-0.39, 0.29) is 0 Å². The van der Waals surface area contributed by atoms with Crippen molar-refractivity contribution < 1.29 is 4.74 Å². The second-order valence-corrected chi connectivity index (χ2v) is 3.89. The summed E-state index contributed by atoms with van der Waals surface area (Å²) in [6.45, 7) is 0. The molecular formula is C13H12N4O. The first kappa shape index (κ1) is 10.6. The van der Waals surface area contributed by atoms with E-state index in [0.717, 1.165) is 22.2 Å². The molecule has 3 rings (SSSR count). The van der Waals surface area contributed by atoms with E-state index in [1.54, 1.807) is 13.3 Å². The highest BCUT2D eigenvalue weighted by atomic mass is 16.5. The predicted molar refractivity (Wildman–Crippen MR) is 70.3 cm³/mol. The summed E-state index contributed by atoms with van der Waals surface area (Å²) in [6.07, 6.45) is 1.75. The van der Waals surface area contributed by atoms with E-state index in [9.17, 15) is 0 Å². The number of nitrogen functional groups attached to an aromatic ring is 1. The van der Waals surface area contributed by atoms with Gasteiger partial charge in [-0.1, -0.05) is 30.3 Å². The number of aromatic amines is 1. The number of aromatic nitrogens is 3. The first-order valence-corrected chi connectivity index (χ1v) is 5.53. The van der Waals surface area contributed by atoms with Crippen molar-refractivity contribution in [1.29, 1.82) is 0 Å². The lowest BCUT2D eigenvalue weighted by molar-refractivity contribution is 0.402. The summed E-state index contributed by atoms with van der Waals surface area (Å²) in [7, 11) is 1.57. The average molecular weight is 240 g/mol. The SMILES string of the molecule is COc1ncc(-c2ccccc2)c2nc(N)[nH]c12. The molecule has 0 fully saturated rings. The highest BCUT2D eigenvalue weighted by Gasteiger charge is 2.13. The standard InChI is InChI=1S/C13H12N4O/c1-18-12-11-10(16-13(14)17-11)9(7-15-12)8-5-3-2-4-6-8/h2-7H,1H3,(H3,14,16,17). The van der Waals surface area contributed by atoms with E-state index >= 15 is 0 Å². The van der Waals surface area contributed by atoms with E-state index in [1.807, 2.05) is 30.3 Å². The number of pyridine rings is 1. The van der Waals surface area contributed by atoms with Crippen LogP contribution in [0.25, 0.3) is 22.2 Å². The van der Waals surface area contributed by atoms with Gasteiger partial charge >= 0.3 is 0 Å². The zero-order chi connectivity index (χ0) is 12.5. The van der Waals surface area contributed by atoms with Crippen LogP contribution >= 0.6 is 0 Å². The normalized spacial score (nSPS) is 10.7. The molecule has 0 unspecified atom stereocenters. The number of benzene rings is 1. The molecule has 90 valence electrons.